The minimum Gasteiger partial charge on any atom is -0.465 e. The second-order valence-electron chi connectivity index (χ2n) is 5.22. The number of carboxylic acid groups (broad SMARTS) is 1. The molecule has 2 saturated heterocycles. The highest BCUT2D eigenvalue weighted by atomic mass is 35.5. The van der Waals surface area contributed by atoms with Gasteiger partial charge in [0.2, 0.25) is 0 Å². The van der Waals surface area contributed by atoms with E-state index in [4.69, 9.17) is 32.7 Å². The molecule has 114 valence electrons. The smallest absolute Gasteiger partial charge is 0.407 e. The Hall–Kier alpha value is -1.01. The van der Waals surface area contributed by atoms with Crippen LogP contribution in [-0.4, -0.2) is 54.6 Å². The lowest BCUT2D eigenvalue weighted by molar-refractivity contribution is 0.0309. The number of benzene rings is 1. The monoisotopic (exact) mass is 331 g/mol. The predicted molar refractivity (Wildman–Crippen MR) is 78.3 cm³/mol. The van der Waals surface area contributed by atoms with Crippen LogP contribution in [0.1, 0.15) is 11.5 Å². The quantitative estimate of drug-likeness (QED) is 0.846. The van der Waals surface area contributed by atoms with E-state index >= 15 is 0 Å². The minimum absolute atomic E-state index is 0.0261. The van der Waals surface area contributed by atoms with Gasteiger partial charge in [0, 0.05) is 19.0 Å². The summed E-state index contributed by atoms with van der Waals surface area (Å²) in [4.78, 5) is 12.7. The first-order valence-electron chi connectivity index (χ1n) is 6.72. The van der Waals surface area contributed by atoms with Gasteiger partial charge in [0.25, 0.3) is 0 Å². The Labute approximate surface area is 132 Å². The fraction of sp³-hybridized carbons (Fsp3) is 0.500. The first kappa shape index (κ1) is 14.9. The largest absolute Gasteiger partial charge is 0.465 e. The van der Waals surface area contributed by atoms with Gasteiger partial charge in [-0.1, -0.05) is 29.3 Å². The number of ether oxygens (including phenoxy) is 2. The van der Waals surface area contributed by atoms with Crippen LogP contribution in [0.15, 0.2) is 18.2 Å². The van der Waals surface area contributed by atoms with Crippen molar-refractivity contribution >= 4 is 29.3 Å². The van der Waals surface area contributed by atoms with Crippen molar-refractivity contribution in [2.45, 2.75) is 18.1 Å². The van der Waals surface area contributed by atoms with Crippen molar-refractivity contribution in [1.82, 2.24) is 4.90 Å². The van der Waals surface area contributed by atoms with Gasteiger partial charge in [-0.15, -0.1) is 0 Å². The first-order valence-corrected chi connectivity index (χ1v) is 7.48. The van der Waals surface area contributed by atoms with Gasteiger partial charge in [0.1, 0.15) is 6.10 Å². The summed E-state index contributed by atoms with van der Waals surface area (Å²) in [5, 5.41) is 10.2. The Balaban J connectivity index is 1.91. The molecule has 1 amide bonds. The molecule has 1 aromatic carbocycles. The maximum atomic E-state index is 11.3. The van der Waals surface area contributed by atoms with Crippen LogP contribution in [0.3, 0.4) is 0 Å². The molecule has 0 bridgehead atoms. The van der Waals surface area contributed by atoms with Crippen LogP contribution in [0.4, 0.5) is 4.79 Å². The lowest BCUT2D eigenvalue weighted by Crippen LogP contribution is -2.36. The second kappa shape index (κ2) is 6.01. The van der Waals surface area contributed by atoms with Crippen molar-refractivity contribution in [3.8, 4) is 0 Å². The number of halogens is 2. The molecular formula is C14H15Cl2NO4. The van der Waals surface area contributed by atoms with Crippen LogP contribution in [0.25, 0.3) is 0 Å². The Morgan fingerprint density at radius 3 is 2.67 bits per heavy atom. The molecule has 2 aliphatic heterocycles. The van der Waals surface area contributed by atoms with Crippen LogP contribution >= 0.6 is 23.2 Å². The maximum absolute atomic E-state index is 11.3. The Morgan fingerprint density at radius 2 is 2.05 bits per heavy atom. The second-order valence-corrected chi connectivity index (χ2v) is 6.03. The van der Waals surface area contributed by atoms with Gasteiger partial charge < -0.3 is 19.5 Å². The molecule has 5 nitrogen and oxygen atoms in total. The van der Waals surface area contributed by atoms with Crippen LogP contribution < -0.4 is 0 Å². The highest BCUT2D eigenvalue weighted by Crippen LogP contribution is 2.35. The van der Waals surface area contributed by atoms with Gasteiger partial charge in [0.05, 0.1) is 29.4 Å². The molecule has 0 radical (unpaired) electrons. The fourth-order valence-corrected chi connectivity index (χ4v) is 2.98. The fourth-order valence-electron chi connectivity index (χ4n) is 2.67. The number of amides is 1. The highest BCUT2D eigenvalue weighted by molar-refractivity contribution is 6.42. The summed E-state index contributed by atoms with van der Waals surface area (Å²) in [6.07, 6.45) is -1.08. The van der Waals surface area contributed by atoms with Gasteiger partial charge >= 0.3 is 6.09 Å². The zero-order valence-corrected chi connectivity index (χ0v) is 12.7. The molecule has 1 aromatic rings. The van der Waals surface area contributed by atoms with Crippen LogP contribution in [0.5, 0.6) is 0 Å². The highest BCUT2D eigenvalue weighted by Gasteiger charge is 2.42. The molecule has 3 rings (SSSR count). The third-order valence-electron chi connectivity index (χ3n) is 3.85. The predicted octanol–water partition coefficient (Wildman–Crippen LogP) is 2.85. The summed E-state index contributed by atoms with van der Waals surface area (Å²) in [7, 11) is 0. The standard InChI is InChI=1S/C14H15Cl2NO4/c15-10-2-1-8(5-11(10)16)9-6-17(14(18)19)3-4-20-13(9)12-7-21-12/h1-2,5,9,12-13H,3-4,6-7H2,(H,18,19)/t9-,12+,13+/m0/s1. The summed E-state index contributed by atoms with van der Waals surface area (Å²) >= 11 is 12.0. The molecule has 2 aliphatic rings. The van der Waals surface area contributed by atoms with E-state index in [1.54, 1.807) is 12.1 Å². The molecule has 1 N–H and O–H groups in total. The Bertz CT molecular complexity index is 550. The van der Waals surface area contributed by atoms with Crippen LogP contribution in [0.2, 0.25) is 10.0 Å². The average molecular weight is 332 g/mol. The molecule has 0 aromatic heterocycles. The van der Waals surface area contributed by atoms with E-state index in [1.807, 2.05) is 6.07 Å². The SMILES string of the molecule is O=C(O)N1CCO[C@@H]([C@H]2CO2)[C@H](c2ccc(Cl)c(Cl)c2)C1. The van der Waals surface area contributed by atoms with Crippen LogP contribution in [-0.2, 0) is 9.47 Å². The molecule has 0 saturated carbocycles. The minimum atomic E-state index is -0.943. The van der Waals surface area contributed by atoms with Gasteiger partial charge in [-0.2, -0.15) is 0 Å². The zero-order chi connectivity index (χ0) is 15.0. The summed E-state index contributed by atoms with van der Waals surface area (Å²) in [6.45, 7) is 1.73. The van der Waals surface area contributed by atoms with Gasteiger partial charge in [-0.25, -0.2) is 4.79 Å². The number of hydrogen-bond donors (Lipinski definition) is 1. The van der Waals surface area contributed by atoms with Crippen molar-refractivity contribution in [2.75, 3.05) is 26.3 Å². The third kappa shape index (κ3) is 3.26. The molecule has 0 spiro atoms. The van der Waals surface area contributed by atoms with E-state index in [2.05, 4.69) is 0 Å². The summed E-state index contributed by atoms with van der Waals surface area (Å²) in [5.41, 5.74) is 0.915. The van der Waals surface area contributed by atoms with Crippen molar-refractivity contribution in [3.05, 3.63) is 33.8 Å². The van der Waals surface area contributed by atoms with Crippen molar-refractivity contribution in [3.63, 3.8) is 0 Å². The average Bonchev–Trinajstić information content (AvgIpc) is 3.25. The third-order valence-corrected chi connectivity index (χ3v) is 4.59. The van der Waals surface area contributed by atoms with Gasteiger partial charge in [-0.05, 0) is 17.7 Å². The maximum Gasteiger partial charge on any atom is 0.407 e. The zero-order valence-electron chi connectivity index (χ0n) is 11.2. The normalized spacial score (nSPS) is 29.0. The number of epoxide rings is 1. The lowest BCUT2D eigenvalue weighted by atomic mass is 9.91. The van der Waals surface area contributed by atoms with E-state index in [0.29, 0.717) is 36.3 Å². The molecule has 0 aliphatic carbocycles. The molecule has 2 heterocycles. The lowest BCUT2D eigenvalue weighted by Gasteiger charge is -2.26. The van der Waals surface area contributed by atoms with Gasteiger partial charge in [0.15, 0.2) is 0 Å². The molecule has 3 atom stereocenters. The van der Waals surface area contributed by atoms with E-state index in [0.717, 1.165) is 5.56 Å². The van der Waals surface area contributed by atoms with E-state index in [1.165, 1.54) is 4.90 Å². The number of rotatable bonds is 2. The van der Waals surface area contributed by atoms with E-state index in [9.17, 15) is 9.90 Å². The van der Waals surface area contributed by atoms with Crippen molar-refractivity contribution in [2.24, 2.45) is 0 Å². The summed E-state index contributed by atoms with van der Waals surface area (Å²) in [5.74, 6) is -0.120. The van der Waals surface area contributed by atoms with E-state index in [-0.39, 0.29) is 18.1 Å². The molecule has 0 unspecified atom stereocenters. The number of hydrogen-bond acceptors (Lipinski definition) is 3. The molecule has 2 fully saturated rings. The summed E-state index contributed by atoms with van der Waals surface area (Å²) < 4.78 is 11.2. The van der Waals surface area contributed by atoms with Crippen LogP contribution in [0, 0.1) is 0 Å². The Morgan fingerprint density at radius 1 is 1.29 bits per heavy atom. The van der Waals surface area contributed by atoms with E-state index < -0.39 is 6.09 Å². The van der Waals surface area contributed by atoms with Crippen molar-refractivity contribution in [1.29, 1.82) is 0 Å². The Kier molecular flexibility index (Phi) is 4.26. The number of carbonyl (C=O) groups is 1. The number of nitrogens with zero attached hydrogens (tertiary/aromatic N) is 1. The first-order chi connectivity index (χ1) is 10.1. The molecular weight excluding hydrogens is 317 g/mol. The summed E-state index contributed by atoms with van der Waals surface area (Å²) in [6, 6.07) is 5.36. The van der Waals surface area contributed by atoms with Gasteiger partial charge in [-0.3, -0.25) is 0 Å². The van der Waals surface area contributed by atoms with Crippen molar-refractivity contribution < 1.29 is 19.4 Å². The molecule has 21 heavy (non-hydrogen) atoms. The molecule has 7 heteroatoms. The topological polar surface area (TPSA) is 62.3 Å².